The van der Waals surface area contributed by atoms with Crippen molar-refractivity contribution >= 4 is 5.69 Å². The van der Waals surface area contributed by atoms with E-state index in [2.05, 4.69) is 6.58 Å². The van der Waals surface area contributed by atoms with Crippen LogP contribution < -0.4 is 11.5 Å². The quantitative estimate of drug-likeness (QED) is 0.492. The van der Waals surface area contributed by atoms with Gasteiger partial charge in [-0.15, -0.1) is 6.58 Å². The first-order valence-corrected chi connectivity index (χ1v) is 3.48. The highest BCUT2D eigenvalue weighted by atomic mass is 14.7. The predicted molar refractivity (Wildman–Crippen MR) is 48.0 cm³/mol. The van der Waals surface area contributed by atoms with Gasteiger partial charge in [0.25, 0.3) is 0 Å². The summed E-state index contributed by atoms with van der Waals surface area (Å²) in [6, 6.07) is 7.38. The molecule has 0 bridgehead atoms. The van der Waals surface area contributed by atoms with Crippen LogP contribution in [0, 0.1) is 0 Å². The van der Waals surface area contributed by atoms with Gasteiger partial charge in [0.1, 0.15) is 0 Å². The molecule has 4 N–H and O–H groups in total. The van der Waals surface area contributed by atoms with E-state index >= 15 is 0 Å². The van der Waals surface area contributed by atoms with E-state index in [9.17, 15) is 0 Å². The molecule has 1 aromatic carbocycles. The van der Waals surface area contributed by atoms with Crippen molar-refractivity contribution in [2.45, 2.75) is 6.04 Å². The Balaban J connectivity index is 3.02. The molecule has 58 valence electrons. The lowest BCUT2D eigenvalue weighted by Gasteiger charge is -2.08. The van der Waals surface area contributed by atoms with Gasteiger partial charge >= 0.3 is 0 Å². The van der Waals surface area contributed by atoms with E-state index in [1.165, 1.54) is 0 Å². The zero-order valence-corrected chi connectivity index (χ0v) is 6.33. The van der Waals surface area contributed by atoms with Crippen molar-refractivity contribution in [2.75, 3.05) is 5.73 Å². The number of rotatable bonds is 2. The molecule has 2 heteroatoms. The van der Waals surface area contributed by atoms with Gasteiger partial charge in [-0.3, -0.25) is 0 Å². The van der Waals surface area contributed by atoms with Crippen molar-refractivity contribution < 1.29 is 0 Å². The fraction of sp³-hybridized carbons (Fsp3) is 0.111. The van der Waals surface area contributed by atoms with E-state index in [0.717, 1.165) is 11.3 Å². The minimum absolute atomic E-state index is 0.156. The lowest BCUT2D eigenvalue weighted by molar-refractivity contribution is 0.918. The van der Waals surface area contributed by atoms with E-state index in [1.807, 2.05) is 24.3 Å². The van der Waals surface area contributed by atoms with Crippen molar-refractivity contribution in [3.63, 3.8) is 0 Å². The van der Waals surface area contributed by atoms with Crippen molar-refractivity contribution in [2.24, 2.45) is 5.73 Å². The average molecular weight is 148 g/mol. The molecule has 1 aromatic rings. The molecule has 0 aliphatic carbocycles. The van der Waals surface area contributed by atoms with E-state index in [-0.39, 0.29) is 6.04 Å². The van der Waals surface area contributed by atoms with Crippen LogP contribution in [-0.2, 0) is 0 Å². The smallest absolute Gasteiger partial charge is 0.0499 e. The number of hydrogen-bond acceptors (Lipinski definition) is 2. The molecule has 0 saturated heterocycles. The Morgan fingerprint density at radius 2 is 2.00 bits per heavy atom. The first kappa shape index (κ1) is 7.82. The Kier molecular flexibility index (Phi) is 2.28. The normalized spacial score (nSPS) is 12.5. The summed E-state index contributed by atoms with van der Waals surface area (Å²) in [4.78, 5) is 0. The highest BCUT2D eigenvalue weighted by Crippen LogP contribution is 2.17. The first-order chi connectivity index (χ1) is 5.25. The Morgan fingerprint density at radius 1 is 1.36 bits per heavy atom. The summed E-state index contributed by atoms with van der Waals surface area (Å²) < 4.78 is 0. The molecule has 1 atom stereocenters. The molecule has 0 aliphatic heterocycles. The van der Waals surface area contributed by atoms with Crippen LogP contribution in [0.4, 0.5) is 5.69 Å². The summed E-state index contributed by atoms with van der Waals surface area (Å²) in [6.45, 7) is 3.60. The third-order valence-corrected chi connectivity index (χ3v) is 1.61. The molecule has 0 fully saturated rings. The standard InChI is InChI=1S/C9H12N2/c1-2-8(10)7-5-3-4-6-9(7)11/h2-6,8H,1,10-11H2. The Bertz CT molecular complexity index is 255. The molecule has 1 unspecified atom stereocenters. The Labute approximate surface area is 66.5 Å². The van der Waals surface area contributed by atoms with Crippen molar-refractivity contribution in [3.8, 4) is 0 Å². The third-order valence-electron chi connectivity index (χ3n) is 1.61. The molecule has 0 aliphatic rings. The summed E-state index contributed by atoms with van der Waals surface area (Å²) in [6.07, 6.45) is 1.67. The van der Waals surface area contributed by atoms with E-state index in [0.29, 0.717) is 0 Å². The van der Waals surface area contributed by atoms with Gasteiger partial charge < -0.3 is 11.5 Å². The largest absolute Gasteiger partial charge is 0.398 e. The summed E-state index contributed by atoms with van der Waals surface area (Å²) in [5.41, 5.74) is 13.0. The molecule has 11 heavy (non-hydrogen) atoms. The van der Waals surface area contributed by atoms with Gasteiger partial charge in [-0.25, -0.2) is 0 Å². The molecule has 2 nitrogen and oxygen atoms in total. The van der Waals surface area contributed by atoms with Gasteiger partial charge in [-0.1, -0.05) is 24.3 Å². The second-order valence-corrected chi connectivity index (χ2v) is 2.39. The number of anilines is 1. The number of nitrogen functional groups attached to an aromatic ring is 1. The van der Waals surface area contributed by atoms with Crippen LogP contribution in [0.2, 0.25) is 0 Å². The van der Waals surface area contributed by atoms with Crippen molar-refractivity contribution in [1.29, 1.82) is 0 Å². The van der Waals surface area contributed by atoms with Gasteiger partial charge in [0, 0.05) is 11.7 Å². The molecule has 0 amide bonds. The minimum atomic E-state index is -0.156. The molecule has 0 heterocycles. The van der Waals surface area contributed by atoms with Crippen LogP contribution in [0.1, 0.15) is 11.6 Å². The van der Waals surface area contributed by atoms with E-state index in [1.54, 1.807) is 6.08 Å². The highest BCUT2D eigenvalue weighted by molar-refractivity contribution is 5.49. The first-order valence-electron chi connectivity index (χ1n) is 3.48. The maximum Gasteiger partial charge on any atom is 0.0499 e. The van der Waals surface area contributed by atoms with E-state index in [4.69, 9.17) is 11.5 Å². The molecule has 0 aromatic heterocycles. The molecule has 0 spiro atoms. The van der Waals surface area contributed by atoms with Crippen LogP contribution >= 0.6 is 0 Å². The third kappa shape index (κ3) is 1.59. The fourth-order valence-corrected chi connectivity index (χ4v) is 0.941. The monoisotopic (exact) mass is 148 g/mol. The fourth-order valence-electron chi connectivity index (χ4n) is 0.941. The highest BCUT2D eigenvalue weighted by Gasteiger charge is 2.02. The number of nitrogens with two attached hydrogens (primary N) is 2. The summed E-state index contributed by atoms with van der Waals surface area (Å²) in [5.74, 6) is 0. The molecule has 1 rings (SSSR count). The SMILES string of the molecule is C=CC(N)c1ccccc1N. The average Bonchev–Trinajstić information content (AvgIpc) is 2.04. The second kappa shape index (κ2) is 3.21. The summed E-state index contributed by atoms with van der Waals surface area (Å²) >= 11 is 0. The predicted octanol–water partition coefficient (Wildman–Crippen LogP) is 1.45. The van der Waals surface area contributed by atoms with Crippen LogP contribution in [-0.4, -0.2) is 0 Å². The lowest BCUT2D eigenvalue weighted by Crippen LogP contribution is -2.08. The van der Waals surface area contributed by atoms with E-state index < -0.39 is 0 Å². The topological polar surface area (TPSA) is 52.0 Å². The van der Waals surface area contributed by atoms with Gasteiger partial charge in [-0.05, 0) is 11.6 Å². The van der Waals surface area contributed by atoms with Crippen LogP contribution in [0.15, 0.2) is 36.9 Å². The summed E-state index contributed by atoms with van der Waals surface area (Å²) in [5, 5.41) is 0. The second-order valence-electron chi connectivity index (χ2n) is 2.39. The van der Waals surface area contributed by atoms with Crippen molar-refractivity contribution in [1.82, 2.24) is 0 Å². The Hall–Kier alpha value is -1.28. The van der Waals surface area contributed by atoms with Crippen LogP contribution in [0.25, 0.3) is 0 Å². The molecular formula is C9H12N2. The molecule has 0 saturated carbocycles. The van der Waals surface area contributed by atoms with Gasteiger partial charge in [0.05, 0.1) is 0 Å². The van der Waals surface area contributed by atoms with Crippen LogP contribution in [0.3, 0.4) is 0 Å². The van der Waals surface area contributed by atoms with Crippen LogP contribution in [0.5, 0.6) is 0 Å². The van der Waals surface area contributed by atoms with Gasteiger partial charge in [-0.2, -0.15) is 0 Å². The zero-order chi connectivity index (χ0) is 8.27. The Morgan fingerprint density at radius 3 is 2.55 bits per heavy atom. The maximum absolute atomic E-state index is 5.70. The molecular weight excluding hydrogens is 136 g/mol. The number of benzene rings is 1. The maximum atomic E-state index is 5.70. The lowest BCUT2D eigenvalue weighted by atomic mass is 10.1. The molecule has 0 radical (unpaired) electrons. The van der Waals surface area contributed by atoms with Crippen molar-refractivity contribution in [3.05, 3.63) is 42.5 Å². The number of hydrogen-bond donors (Lipinski definition) is 2. The minimum Gasteiger partial charge on any atom is -0.398 e. The van der Waals surface area contributed by atoms with Gasteiger partial charge in [0.15, 0.2) is 0 Å². The van der Waals surface area contributed by atoms with Gasteiger partial charge in [0.2, 0.25) is 0 Å². The summed E-state index contributed by atoms with van der Waals surface area (Å²) in [7, 11) is 0. The zero-order valence-electron chi connectivity index (χ0n) is 6.33. The number of para-hydroxylation sites is 1.